The van der Waals surface area contributed by atoms with Crippen molar-refractivity contribution in [3.63, 3.8) is 0 Å². The standard InChI is InChI=1S/C20H21N5O3S/c26-18(12-3-4-12)24-16-9-25-8-13(5-6-17(25)23-16)15-11-29-20(22-15)19(27)21-14-2-1-7-28-10-14/h5-6,8-9,11-12,14H,1-4,7,10H2,(H,21,27)(H,24,26)/t14-/m1/s1. The van der Waals surface area contributed by atoms with Crippen LogP contribution >= 0.6 is 11.3 Å². The van der Waals surface area contributed by atoms with Crippen LogP contribution in [0.2, 0.25) is 0 Å². The van der Waals surface area contributed by atoms with Gasteiger partial charge in [0.15, 0.2) is 10.8 Å². The third-order valence-electron chi connectivity index (χ3n) is 5.14. The number of amides is 2. The Kier molecular flexibility index (Phi) is 4.76. The van der Waals surface area contributed by atoms with Crippen LogP contribution in [-0.4, -0.2) is 45.4 Å². The minimum absolute atomic E-state index is 0.0344. The molecule has 29 heavy (non-hydrogen) atoms. The number of ether oxygens (including phenoxy) is 1. The van der Waals surface area contributed by atoms with E-state index in [1.54, 1.807) is 6.20 Å². The number of thiazole rings is 1. The van der Waals surface area contributed by atoms with Crippen LogP contribution in [0.15, 0.2) is 29.9 Å². The number of pyridine rings is 1. The van der Waals surface area contributed by atoms with Gasteiger partial charge in [0.25, 0.3) is 5.91 Å². The van der Waals surface area contributed by atoms with E-state index >= 15 is 0 Å². The molecule has 2 amide bonds. The second-order valence-corrected chi connectivity index (χ2v) is 8.36. The van der Waals surface area contributed by atoms with E-state index in [4.69, 9.17) is 4.74 Å². The van der Waals surface area contributed by atoms with Crippen LogP contribution in [0.4, 0.5) is 5.82 Å². The van der Waals surface area contributed by atoms with Gasteiger partial charge in [-0.15, -0.1) is 11.3 Å². The first-order valence-corrected chi connectivity index (χ1v) is 10.7. The second-order valence-electron chi connectivity index (χ2n) is 7.50. The number of carbonyl (C=O) groups excluding carboxylic acids is 2. The first kappa shape index (κ1) is 18.3. The van der Waals surface area contributed by atoms with Crippen LogP contribution in [0.25, 0.3) is 16.9 Å². The lowest BCUT2D eigenvalue weighted by atomic mass is 10.1. The number of carbonyl (C=O) groups is 2. The van der Waals surface area contributed by atoms with Gasteiger partial charge in [-0.1, -0.05) is 0 Å². The first-order chi connectivity index (χ1) is 14.2. The van der Waals surface area contributed by atoms with E-state index in [2.05, 4.69) is 20.6 Å². The van der Waals surface area contributed by atoms with Crippen LogP contribution in [0.1, 0.15) is 35.5 Å². The number of aromatic nitrogens is 3. The number of imidazole rings is 1. The maximum Gasteiger partial charge on any atom is 0.280 e. The molecule has 3 aromatic rings. The molecule has 0 aromatic carbocycles. The van der Waals surface area contributed by atoms with Gasteiger partial charge < -0.3 is 19.8 Å². The predicted octanol–water partition coefficient (Wildman–Crippen LogP) is 2.72. The smallest absolute Gasteiger partial charge is 0.280 e. The monoisotopic (exact) mass is 411 g/mol. The predicted molar refractivity (Wildman–Crippen MR) is 109 cm³/mol. The number of rotatable bonds is 5. The molecular formula is C20H21N5O3S. The van der Waals surface area contributed by atoms with Gasteiger partial charge in [-0.25, -0.2) is 9.97 Å². The third-order valence-corrected chi connectivity index (χ3v) is 5.98. The molecule has 0 bridgehead atoms. The molecule has 0 radical (unpaired) electrons. The van der Waals surface area contributed by atoms with Crippen molar-refractivity contribution in [3.8, 4) is 11.3 Å². The van der Waals surface area contributed by atoms with E-state index < -0.39 is 0 Å². The lowest BCUT2D eigenvalue weighted by Gasteiger charge is -2.22. The highest BCUT2D eigenvalue weighted by Crippen LogP contribution is 2.30. The van der Waals surface area contributed by atoms with Gasteiger partial charge in [-0.2, -0.15) is 0 Å². The van der Waals surface area contributed by atoms with E-state index in [9.17, 15) is 9.59 Å². The Morgan fingerprint density at radius 3 is 2.86 bits per heavy atom. The summed E-state index contributed by atoms with van der Waals surface area (Å²) >= 11 is 1.32. The average Bonchev–Trinajstić information content (AvgIpc) is 3.32. The molecule has 3 aromatic heterocycles. The summed E-state index contributed by atoms with van der Waals surface area (Å²) in [4.78, 5) is 33.3. The average molecular weight is 411 g/mol. The molecule has 0 unspecified atom stereocenters. The van der Waals surface area contributed by atoms with Crippen molar-refractivity contribution in [1.29, 1.82) is 0 Å². The van der Waals surface area contributed by atoms with Gasteiger partial charge in [0.05, 0.1) is 24.5 Å². The highest BCUT2D eigenvalue weighted by Gasteiger charge is 2.30. The minimum Gasteiger partial charge on any atom is -0.379 e. The molecule has 1 saturated carbocycles. The molecule has 9 heteroatoms. The van der Waals surface area contributed by atoms with Crippen LogP contribution < -0.4 is 10.6 Å². The molecule has 8 nitrogen and oxygen atoms in total. The summed E-state index contributed by atoms with van der Waals surface area (Å²) in [6, 6.07) is 3.84. The highest BCUT2D eigenvalue weighted by atomic mass is 32.1. The summed E-state index contributed by atoms with van der Waals surface area (Å²) < 4.78 is 7.27. The zero-order valence-corrected chi connectivity index (χ0v) is 16.6. The number of nitrogens with zero attached hydrogens (tertiary/aromatic N) is 3. The van der Waals surface area contributed by atoms with Crippen LogP contribution in [0.3, 0.4) is 0 Å². The van der Waals surface area contributed by atoms with E-state index in [1.807, 2.05) is 28.1 Å². The molecule has 2 aliphatic rings. The van der Waals surface area contributed by atoms with Gasteiger partial charge in [-0.3, -0.25) is 9.59 Å². The van der Waals surface area contributed by atoms with Gasteiger partial charge in [0.1, 0.15) is 5.65 Å². The Bertz CT molecular complexity index is 1070. The fourth-order valence-corrected chi connectivity index (χ4v) is 4.12. The van der Waals surface area contributed by atoms with Gasteiger partial charge in [0, 0.05) is 29.7 Å². The Morgan fingerprint density at radius 2 is 2.07 bits per heavy atom. The molecule has 150 valence electrons. The molecule has 0 spiro atoms. The van der Waals surface area contributed by atoms with Crippen LogP contribution in [0.5, 0.6) is 0 Å². The minimum atomic E-state index is -0.162. The topological polar surface area (TPSA) is 97.6 Å². The van der Waals surface area contributed by atoms with Crippen molar-refractivity contribution >= 4 is 34.6 Å². The molecule has 1 atom stereocenters. The summed E-state index contributed by atoms with van der Waals surface area (Å²) in [6.07, 6.45) is 7.50. The maximum atomic E-state index is 12.5. The summed E-state index contributed by atoms with van der Waals surface area (Å²) in [5.41, 5.74) is 2.36. The normalized spacial score (nSPS) is 19.2. The highest BCUT2D eigenvalue weighted by molar-refractivity contribution is 7.12. The zero-order valence-electron chi connectivity index (χ0n) is 15.8. The lowest BCUT2D eigenvalue weighted by Crippen LogP contribution is -2.40. The molecular weight excluding hydrogens is 390 g/mol. The Labute approximate surface area is 171 Å². The molecule has 2 fully saturated rings. The van der Waals surface area contributed by atoms with Gasteiger partial charge in [-0.05, 0) is 37.8 Å². The van der Waals surface area contributed by atoms with Crippen LogP contribution in [0, 0.1) is 5.92 Å². The van der Waals surface area contributed by atoms with Gasteiger partial charge in [0.2, 0.25) is 5.91 Å². The van der Waals surface area contributed by atoms with Gasteiger partial charge >= 0.3 is 0 Å². The fraction of sp³-hybridized carbons (Fsp3) is 0.400. The molecule has 1 aliphatic carbocycles. The number of hydrogen-bond donors (Lipinski definition) is 2. The van der Waals surface area contributed by atoms with Crippen LogP contribution in [-0.2, 0) is 9.53 Å². The zero-order chi connectivity index (χ0) is 19.8. The van der Waals surface area contributed by atoms with E-state index in [0.717, 1.165) is 49.2 Å². The van der Waals surface area contributed by atoms with Crippen molar-refractivity contribution in [1.82, 2.24) is 19.7 Å². The molecule has 1 saturated heterocycles. The summed E-state index contributed by atoms with van der Waals surface area (Å²) in [5, 5.41) is 8.17. The van der Waals surface area contributed by atoms with Crippen molar-refractivity contribution in [3.05, 3.63) is 34.9 Å². The molecule has 1 aliphatic heterocycles. The van der Waals surface area contributed by atoms with Crippen molar-refractivity contribution in [2.75, 3.05) is 18.5 Å². The Morgan fingerprint density at radius 1 is 1.17 bits per heavy atom. The van der Waals surface area contributed by atoms with Crippen molar-refractivity contribution in [2.45, 2.75) is 31.7 Å². The van der Waals surface area contributed by atoms with E-state index in [0.29, 0.717) is 17.4 Å². The largest absolute Gasteiger partial charge is 0.379 e. The van der Waals surface area contributed by atoms with Crippen molar-refractivity contribution < 1.29 is 14.3 Å². The lowest BCUT2D eigenvalue weighted by molar-refractivity contribution is -0.117. The second kappa shape index (κ2) is 7.57. The quantitative estimate of drug-likeness (QED) is 0.673. The summed E-state index contributed by atoms with van der Waals surface area (Å²) in [6.45, 7) is 1.32. The van der Waals surface area contributed by atoms with Crippen molar-refractivity contribution in [2.24, 2.45) is 5.92 Å². The number of fused-ring (bicyclic) bond motifs is 1. The fourth-order valence-electron chi connectivity index (χ4n) is 3.39. The van der Waals surface area contributed by atoms with E-state index in [-0.39, 0.29) is 23.8 Å². The SMILES string of the molecule is O=C(N[C@@H]1CCCOC1)c1nc(-c2ccc3nc(NC(=O)C4CC4)cn3c2)cs1. The Hall–Kier alpha value is -2.78. The summed E-state index contributed by atoms with van der Waals surface area (Å²) in [5.74, 6) is 0.555. The third kappa shape index (κ3) is 4.01. The molecule has 5 rings (SSSR count). The Balaban J connectivity index is 1.31. The number of anilines is 1. The van der Waals surface area contributed by atoms with E-state index in [1.165, 1.54) is 11.3 Å². The number of hydrogen-bond acceptors (Lipinski definition) is 6. The molecule has 2 N–H and O–H groups in total. The molecule has 4 heterocycles. The maximum absolute atomic E-state index is 12.5. The first-order valence-electron chi connectivity index (χ1n) is 9.80. The number of nitrogens with one attached hydrogen (secondary N) is 2. The summed E-state index contributed by atoms with van der Waals surface area (Å²) in [7, 11) is 0.